The van der Waals surface area contributed by atoms with Gasteiger partial charge in [0.1, 0.15) is 0 Å². The van der Waals surface area contributed by atoms with Crippen LogP contribution in [0.15, 0.2) is 54.6 Å². The number of halogens is 1. The van der Waals surface area contributed by atoms with Crippen molar-refractivity contribution in [2.75, 3.05) is 42.3 Å². The molecule has 3 N–H and O–H groups in total. The average Bonchev–Trinajstić information content (AvgIpc) is 2.77. The number of anilines is 4. The van der Waals surface area contributed by atoms with Crippen molar-refractivity contribution < 1.29 is 13.2 Å². The fourth-order valence-corrected chi connectivity index (χ4v) is 4.53. The van der Waals surface area contributed by atoms with E-state index in [1.807, 2.05) is 37.2 Å². The lowest BCUT2D eigenvalue weighted by Gasteiger charge is -2.22. The summed E-state index contributed by atoms with van der Waals surface area (Å²) in [6, 6.07) is 16.1. The van der Waals surface area contributed by atoms with Crippen molar-refractivity contribution in [2.45, 2.75) is 0 Å². The maximum absolute atomic E-state index is 12.5. The molecule has 0 fully saturated rings. The smallest absolute Gasteiger partial charge is 0.253 e. The summed E-state index contributed by atoms with van der Waals surface area (Å²) in [5.74, 6) is -0.240. The largest absolute Gasteiger partial charge is 0.376 e. The Morgan fingerprint density at radius 2 is 1.79 bits per heavy atom. The number of rotatable bonds is 6. The highest BCUT2D eigenvalue weighted by Gasteiger charge is 2.17. The van der Waals surface area contributed by atoms with Crippen molar-refractivity contribution in [3.05, 3.63) is 65.2 Å². The van der Waals surface area contributed by atoms with Gasteiger partial charge in [-0.25, -0.2) is 13.4 Å². The van der Waals surface area contributed by atoms with Crippen LogP contribution in [0.3, 0.4) is 0 Å². The molecule has 0 saturated carbocycles. The number of carbonyl (C=O) groups is 1. The summed E-state index contributed by atoms with van der Waals surface area (Å²) in [7, 11) is 1.90. The number of carbonyl (C=O) groups excluding carboxylic acids is 1. The van der Waals surface area contributed by atoms with Gasteiger partial charge in [0.05, 0.1) is 45.6 Å². The van der Waals surface area contributed by atoms with Crippen molar-refractivity contribution in [1.29, 1.82) is 0 Å². The van der Waals surface area contributed by atoms with Crippen molar-refractivity contribution in [3.8, 4) is 0 Å². The molecule has 0 aliphatic heterocycles. The van der Waals surface area contributed by atoms with E-state index in [-0.39, 0.29) is 5.91 Å². The number of pyridine rings is 1. The quantitative estimate of drug-likeness (QED) is 0.337. The number of benzene rings is 3. The predicted octanol–water partition coefficient (Wildman–Crippen LogP) is 4.58. The third-order valence-corrected chi connectivity index (χ3v) is 6.12. The van der Waals surface area contributed by atoms with E-state index < -0.39 is 10.0 Å². The number of nitrogens with one attached hydrogen (secondary N) is 3. The van der Waals surface area contributed by atoms with E-state index >= 15 is 0 Å². The number of hydrogen-bond acceptors (Lipinski definition) is 6. The summed E-state index contributed by atoms with van der Waals surface area (Å²) in [6.45, 7) is 0. The van der Waals surface area contributed by atoms with E-state index in [1.54, 1.807) is 43.4 Å². The molecule has 176 valence electrons. The fraction of sp³-hybridized carbons (Fsp3) is 0.167. The van der Waals surface area contributed by atoms with Gasteiger partial charge in [0.25, 0.3) is 5.91 Å². The van der Waals surface area contributed by atoms with Crippen molar-refractivity contribution in [2.24, 2.45) is 0 Å². The van der Waals surface area contributed by atoms with Crippen LogP contribution in [-0.2, 0) is 10.0 Å². The second kappa shape index (κ2) is 9.00. The maximum atomic E-state index is 12.5. The molecule has 1 heterocycles. The minimum absolute atomic E-state index is 0.240. The van der Waals surface area contributed by atoms with Crippen LogP contribution in [0, 0.1) is 0 Å². The van der Waals surface area contributed by atoms with Gasteiger partial charge in [0.15, 0.2) is 0 Å². The van der Waals surface area contributed by atoms with Gasteiger partial charge in [-0.15, -0.1) is 0 Å². The summed E-state index contributed by atoms with van der Waals surface area (Å²) in [6.07, 6.45) is 1.11. The first kappa shape index (κ1) is 23.6. The predicted molar refractivity (Wildman–Crippen MR) is 140 cm³/mol. The highest BCUT2D eigenvalue weighted by molar-refractivity contribution is 7.92. The van der Waals surface area contributed by atoms with Crippen molar-refractivity contribution >= 4 is 72.1 Å². The van der Waals surface area contributed by atoms with Crippen LogP contribution in [0.1, 0.15) is 10.4 Å². The molecular weight excluding hydrogens is 474 g/mol. The monoisotopic (exact) mass is 497 g/mol. The van der Waals surface area contributed by atoms with Gasteiger partial charge in [-0.05, 0) is 42.5 Å². The number of hydrogen-bond donors (Lipinski definition) is 3. The molecule has 10 heteroatoms. The molecule has 34 heavy (non-hydrogen) atoms. The summed E-state index contributed by atoms with van der Waals surface area (Å²) in [4.78, 5) is 19.2. The van der Waals surface area contributed by atoms with E-state index in [2.05, 4.69) is 15.4 Å². The first-order chi connectivity index (χ1) is 16.1. The molecule has 8 nitrogen and oxygen atoms in total. The third kappa shape index (κ3) is 4.71. The van der Waals surface area contributed by atoms with Gasteiger partial charge in [-0.1, -0.05) is 23.7 Å². The Labute approximate surface area is 203 Å². The molecule has 4 rings (SSSR count). The zero-order valence-corrected chi connectivity index (χ0v) is 20.7. The van der Waals surface area contributed by atoms with Crippen molar-refractivity contribution in [1.82, 2.24) is 10.3 Å². The minimum atomic E-state index is -3.42. The Hall–Kier alpha value is -3.56. The van der Waals surface area contributed by atoms with Crippen LogP contribution in [0.4, 0.5) is 22.7 Å². The van der Waals surface area contributed by atoms with Crippen LogP contribution < -0.4 is 20.3 Å². The van der Waals surface area contributed by atoms with Crippen LogP contribution >= 0.6 is 11.6 Å². The molecular formula is C24H24ClN5O3S. The van der Waals surface area contributed by atoms with E-state index in [9.17, 15) is 13.2 Å². The Morgan fingerprint density at radius 1 is 1.03 bits per heavy atom. The molecule has 0 atom stereocenters. The number of aromatic nitrogens is 1. The first-order valence-electron chi connectivity index (χ1n) is 10.4. The normalized spacial score (nSPS) is 11.4. The van der Waals surface area contributed by atoms with Crippen LogP contribution in [0.2, 0.25) is 5.02 Å². The molecule has 1 aromatic heterocycles. The zero-order valence-electron chi connectivity index (χ0n) is 19.1. The Morgan fingerprint density at radius 3 is 2.47 bits per heavy atom. The molecule has 3 aromatic carbocycles. The zero-order chi connectivity index (χ0) is 24.6. The molecule has 0 radical (unpaired) electrons. The van der Waals surface area contributed by atoms with Gasteiger partial charge in [0, 0.05) is 36.9 Å². The minimum Gasteiger partial charge on any atom is -0.376 e. The molecule has 4 aromatic rings. The lowest BCUT2D eigenvalue weighted by atomic mass is 10.0. The number of nitrogens with zero attached hydrogens (tertiary/aromatic N) is 2. The maximum Gasteiger partial charge on any atom is 0.253 e. The molecule has 0 aliphatic rings. The molecule has 0 saturated heterocycles. The molecule has 0 aliphatic carbocycles. The average molecular weight is 498 g/mol. The standard InChI is InChI=1S/C24H24ClN5O3S/c1-26-24(31)18-7-5-6-17-22(16-10-8-14(25)12-20(16)28-23(17)18)27-19-11-9-15(29-34(4,32)33)13-21(19)30(2)3/h5-13,29H,1-4H3,(H,26,31)(H,27,28). The van der Waals surface area contributed by atoms with Gasteiger partial charge < -0.3 is 15.5 Å². The first-order valence-corrected chi connectivity index (χ1v) is 12.6. The summed E-state index contributed by atoms with van der Waals surface area (Å²) < 4.78 is 25.9. The van der Waals surface area contributed by atoms with E-state index in [1.165, 1.54) is 0 Å². The molecule has 0 bridgehead atoms. The molecule has 1 amide bonds. The number of fused-ring (bicyclic) bond motifs is 2. The lowest BCUT2D eigenvalue weighted by molar-refractivity contribution is 0.0964. The highest BCUT2D eigenvalue weighted by atomic mass is 35.5. The second-order valence-electron chi connectivity index (χ2n) is 8.05. The number of amides is 1. The van der Waals surface area contributed by atoms with Crippen LogP contribution in [0.5, 0.6) is 0 Å². The van der Waals surface area contributed by atoms with E-state index in [0.717, 1.165) is 34.1 Å². The molecule has 0 unspecified atom stereocenters. The number of para-hydroxylation sites is 1. The van der Waals surface area contributed by atoms with Crippen LogP contribution in [-0.4, -0.2) is 46.7 Å². The fourth-order valence-electron chi connectivity index (χ4n) is 3.81. The third-order valence-electron chi connectivity index (χ3n) is 5.28. The van der Waals surface area contributed by atoms with Gasteiger partial charge in [-0.3, -0.25) is 9.52 Å². The summed E-state index contributed by atoms with van der Waals surface area (Å²) >= 11 is 6.25. The summed E-state index contributed by atoms with van der Waals surface area (Å²) in [5, 5.41) is 8.29. The van der Waals surface area contributed by atoms with Gasteiger partial charge in [0.2, 0.25) is 10.0 Å². The Bertz CT molecular complexity index is 1540. The van der Waals surface area contributed by atoms with Gasteiger partial charge in [-0.2, -0.15) is 0 Å². The highest BCUT2D eigenvalue weighted by Crippen LogP contribution is 2.38. The Kier molecular flexibility index (Phi) is 6.24. The van der Waals surface area contributed by atoms with Gasteiger partial charge >= 0.3 is 0 Å². The van der Waals surface area contributed by atoms with Crippen molar-refractivity contribution in [3.63, 3.8) is 0 Å². The number of sulfonamides is 1. The van der Waals surface area contributed by atoms with E-state index in [4.69, 9.17) is 16.6 Å². The second-order valence-corrected chi connectivity index (χ2v) is 10.2. The topological polar surface area (TPSA) is 103 Å². The van der Waals surface area contributed by atoms with E-state index in [0.29, 0.717) is 27.3 Å². The lowest BCUT2D eigenvalue weighted by Crippen LogP contribution is -2.18. The summed E-state index contributed by atoms with van der Waals surface area (Å²) in [5.41, 5.74) is 4.36. The molecule has 0 spiro atoms. The van der Waals surface area contributed by atoms with Crippen LogP contribution in [0.25, 0.3) is 21.8 Å². The Balaban J connectivity index is 1.96. The SMILES string of the molecule is CNC(=O)c1cccc2c(Nc3ccc(NS(C)(=O)=O)cc3N(C)C)c3ccc(Cl)cc3nc12.